The van der Waals surface area contributed by atoms with Gasteiger partial charge in [0.1, 0.15) is 0 Å². The molecule has 0 fully saturated rings. The molecule has 0 aromatic carbocycles. The zero-order valence-corrected chi connectivity index (χ0v) is 27.1. The lowest BCUT2D eigenvalue weighted by atomic mass is 10.5. The molecule has 0 spiro atoms. The van der Waals surface area contributed by atoms with Gasteiger partial charge in [0.25, 0.3) is 0 Å². The van der Waals surface area contributed by atoms with Gasteiger partial charge >= 0.3 is 24.2 Å². The minimum absolute atomic E-state index is 0.473. The molecule has 0 atom stereocenters. The van der Waals surface area contributed by atoms with Crippen molar-refractivity contribution in [3.63, 3.8) is 0 Å². The van der Waals surface area contributed by atoms with Crippen LogP contribution in [0, 0.1) is 0 Å². The Balaban J connectivity index is 7.30. The molecule has 35 heavy (non-hydrogen) atoms. The molecule has 0 saturated carbocycles. The van der Waals surface area contributed by atoms with Gasteiger partial charge in [0.2, 0.25) is 0 Å². The van der Waals surface area contributed by atoms with Gasteiger partial charge in [-0.3, -0.25) is 0 Å². The van der Waals surface area contributed by atoms with E-state index in [1.54, 1.807) is 0 Å². The van der Waals surface area contributed by atoms with Crippen LogP contribution < -0.4 is 0 Å². The fourth-order valence-corrected chi connectivity index (χ4v) is 26.9. The standard InChI is InChI=1S/C24H56O8Si3/c1-9-17-25-33(26-18-10-2,27-19-11-3)35(31-23-15-7,32-24-16-8)34(28-20-12-4,29-21-13-5)30-22-14-6/h9-24H2,1-8H3. The molecule has 0 aromatic heterocycles. The SMILES string of the molecule is CCCO[Si](OCCC)(OCCC)[Si](OCCC)(OCCC)[Si](OCCC)(OCCC)OCCC. The molecule has 0 rings (SSSR count). The van der Waals surface area contributed by atoms with Gasteiger partial charge < -0.3 is 35.4 Å². The minimum Gasteiger partial charge on any atom is -0.389 e. The average Bonchev–Trinajstić information content (AvgIpc) is 2.88. The molecule has 0 amide bonds. The summed E-state index contributed by atoms with van der Waals surface area (Å²) in [6, 6.07) is 0. The van der Waals surface area contributed by atoms with Gasteiger partial charge in [-0.1, -0.05) is 55.4 Å². The summed E-state index contributed by atoms with van der Waals surface area (Å²) in [7, 11) is -10.9. The highest BCUT2D eigenvalue weighted by atomic mass is 29.7. The Kier molecular flexibility index (Phi) is 21.5. The molecule has 0 saturated heterocycles. The van der Waals surface area contributed by atoms with Crippen molar-refractivity contribution in [1.29, 1.82) is 0 Å². The molecule has 0 radical (unpaired) electrons. The smallest absolute Gasteiger partial charge is 0.389 e. The second-order valence-electron chi connectivity index (χ2n) is 8.52. The van der Waals surface area contributed by atoms with Gasteiger partial charge in [-0.25, -0.2) is 0 Å². The van der Waals surface area contributed by atoms with Crippen LogP contribution in [0.3, 0.4) is 0 Å². The van der Waals surface area contributed by atoms with Gasteiger partial charge in [-0.15, -0.1) is 0 Å². The van der Waals surface area contributed by atoms with Crippen molar-refractivity contribution >= 4 is 24.2 Å². The fourth-order valence-electron chi connectivity index (χ4n) is 3.31. The van der Waals surface area contributed by atoms with Crippen LogP contribution in [0.1, 0.15) is 107 Å². The van der Waals surface area contributed by atoms with E-state index in [2.05, 4.69) is 55.4 Å². The maximum absolute atomic E-state index is 6.88. The summed E-state index contributed by atoms with van der Waals surface area (Å²) >= 11 is 0. The summed E-state index contributed by atoms with van der Waals surface area (Å²) in [5, 5.41) is 0. The lowest BCUT2D eigenvalue weighted by Gasteiger charge is -2.48. The van der Waals surface area contributed by atoms with Crippen LogP contribution in [0.25, 0.3) is 0 Å². The first-order chi connectivity index (χ1) is 17.0. The van der Waals surface area contributed by atoms with Crippen molar-refractivity contribution < 1.29 is 35.4 Å². The van der Waals surface area contributed by atoms with Crippen molar-refractivity contribution in [3.05, 3.63) is 0 Å². The van der Waals surface area contributed by atoms with E-state index >= 15 is 0 Å². The molecule has 0 heterocycles. The van der Waals surface area contributed by atoms with Gasteiger partial charge in [0.15, 0.2) is 0 Å². The maximum atomic E-state index is 6.88. The average molecular weight is 557 g/mol. The third-order valence-electron chi connectivity index (χ3n) is 4.80. The van der Waals surface area contributed by atoms with E-state index < -0.39 is 24.2 Å². The third kappa shape index (κ3) is 10.5. The van der Waals surface area contributed by atoms with Crippen LogP contribution in [0.2, 0.25) is 0 Å². The number of hydrogen-bond acceptors (Lipinski definition) is 8. The first-order valence-electron chi connectivity index (χ1n) is 14.1. The molecule has 0 bridgehead atoms. The first-order valence-corrected chi connectivity index (χ1v) is 21.4. The van der Waals surface area contributed by atoms with Gasteiger partial charge in [0.05, 0.1) is 0 Å². The highest BCUT2D eigenvalue weighted by molar-refractivity contribution is 7.57. The van der Waals surface area contributed by atoms with Crippen LogP contribution in [-0.2, 0) is 35.4 Å². The Labute approximate surface area is 219 Å². The second-order valence-corrected chi connectivity index (χ2v) is 23.4. The van der Waals surface area contributed by atoms with E-state index in [9.17, 15) is 0 Å². The van der Waals surface area contributed by atoms with Crippen molar-refractivity contribution in [2.75, 3.05) is 52.9 Å². The van der Waals surface area contributed by atoms with Crippen LogP contribution in [0.15, 0.2) is 0 Å². The molecular formula is C24H56O8Si3. The Hall–Kier alpha value is 0.331. The monoisotopic (exact) mass is 556 g/mol. The van der Waals surface area contributed by atoms with Crippen molar-refractivity contribution in [2.24, 2.45) is 0 Å². The van der Waals surface area contributed by atoms with E-state index in [4.69, 9.17) is 35.4 Å². The normalized spacial score (nSPS) is 13.0. The lowest BCUT2D eigenvalue weighted by molar-refractivity contribution is 0.0293. The fraction of sp³-hybridized carbons (Fsp3) is 1.00. The predicted molar refractivity (Wildman–Crippen MR) is 147 cm³/mol. The summed E-state index contributed by atoms with van der Waals surface area (Å²) in [6.45, 7) is 20.5. The summed E-state index contributed by atoms with van der Waals surface area (Å²) < 4.78 is 53.9. The van der Waals surface area contributed by atoms with E-state index in [1.165, 1.54) is 0 Å². The number of hydrogen-bond donors (Lipinski definition) is 0. The Morgan fingerprint density at radius 1 is 0.286 bits per heavy atom. The van der Waals surface area contributed by atoms with E-state index in [0.717, 1.165) is 51.4 Å². The largest absolute Gasteiger partial charge is 0.544 e. The van der Waals surface area contributed by atoms with E-state index in [0.29, 0.717) is 52.9 Å². The molecule has 8 nitrogen and oxygen atoms in total. The molecule has 212 valence electrons. The predicted octanol–water partition coefficient (Wildman–Crippen LogP) is 5.88. The molecule has 0 aromatic rings. The van der Waals surface area contributed by atoms with Crippen molar-refractivity contribution in [2.45, 2.75) is 107 Å². The summed E-state index contributed by atoms with van der Waals surface area (Å²) in [5.41, 5.74) is 0. The molecule has 0 unspecified atom stereocenters. The molecule has 0 aliphatic carbocycles. The quantitative estimate of drug-likeness (QED) is 0.122. The highest BCUT2D eigenvalue weighted by Gasteiger charge is 2.85. The molecule has 0 aliphatic heterocycles. The van der Waals surface area contributed by atoms with Crippen LogP contribution in [0.4, 0.5) is 0 Å². The van der Waals surface area contributed by atoms with Crippen LogP contribution >= 0.6 is 0 Å². The lowest BCUT2D eigenvalue weighted by Crippen LogP contribution is -2.87. The topological polar surface area (TPSA) is 73.8 Å². The maximum Gasteiger partial charge on any atom is 0.544 e. The molecule has 11 heteroatoms. The molecule has 0 aliphatic rings. The van der Waals surface area contributed by atoms with Gasteiger partial charge in [0, 0.05) is 52.9 Å². The van der Waals surface area contributed by atoms with Crippen molar-refractivity contribution in [3.8, 4) is 0 Å². The summed E-state index contributed by atoms with van der Waals surface area (Å²) in [5.74, 6) is 0. The summed E-state index contributed by atoms with van der Waals surface area (Å²) in [4.78, 5) is 0. The van der Waals surface area contributed by atoms with E-state index in [-0.39, 0.29) is 0 Å². The van der Waals surface area contributed by atoms with Gasteiger partial charge in [-0.05, 0) is 51.4 Å². The highest BCUT2D eigenvalue weighted by Crippen LogP contribution is 2.37. The zero-order chi connectivity index (χ0) is 26.5. The van der Waals surface area contributed by atoms with Crippen LogP contribution in [-0.4, -0.2) is 77.1 Å². The third-order valence-corrected chi connectivity index (χ3v) is 25.8. The van der Waals surface area contributed by atoms with Gasteiger partial charge in [-0.2, -0.15) is 0 Å². The Bertz CT molecular complexity index is 402. The van der Waals surface area contributed by atoms with E-state index in [1.807, 2.05) is 0 Å². The minimum atomic E-state index is -3.68. The van der Waals surface area contributed by atoms with Crippen molar-refractivity contribution in [1.82, 2.24) is 0 Å². The Morgan fingerprint density at radius 3 is 0.629 bits per heavy atom. The zero-order valence-electron chi connectivity index (χ0n) is 24.1. The first kappa shape index (κ1) is 35.3. The number of rotatable bonds is 26. The second kappa shape index (κ2) is 21.3. The molecule has 0 N–H and O–H groups in total. The molecular weight excluding hydrogens is 501 g/mol. The Morgan fingerprint density at radius 2 is 0.457 bits per heavy atom. The van der Waals surface area contributed by atoms with Crippen LogP contribution in [0.5, 0.6) is 0 Å². The summed E-state index contributed by atoms with van der Waals surface area (Å²) in [6.07, 6.45) is 6.55.